The molecule has 1 heterocycles. The lowest BCUT2D eigenvalue weighted by atomic mass is 10.1. The van der Waals surface area contributed by atoms with Crippen LogP contribution in [0.5, 0.6) is 0 Å². The smallest absolute Gasteiger partial charge is 0.0471 e. The number of hydrogen-bond acceptors (Lipinski definition) is 3. The molecule has 0 aliphatic heterocycles. The SMILES string of the molecule is CN(Cc1cccs1)C(CN)c1ccc(Cl)cc1. The van der Waals surface area contributed by atoms with Crippen LogP contribution < -0.4 is 5.73 Å². The van der Waals surface area contributed by atoms with Gasteiger partial charge in [-0.25, -0.2) is 0 Å². The van der Waals surface area contributed by atoms with Gasteiger partial charge in [-0.2, -0.15) is 0 Å². The van der Waals surface area contributed by atoms with Crippen LogP contribution in [0.4, 0.5) is 0 Å². The number of halogens is 1. The highest BCUT2D eigenvalue weighted by atomic mass is 35.5. The van der Waals surface area contributed by atoms with Crippen molar-refractivity contribution in [2.75, 3.05) is 13.6 Å². The van der Waals surface area contributed by atoms with Crippen molar-refractivity contribution in [3.05, 3.63) is 57.2 Å². The van der Waals surface area contributed by atoms with E-state index in [2.05, 4.69) is 29.5 Å². The Morgan fingerprint density at radius 1 is 1.28 bits per heavy atom. The summed E-state index contributed by atoms with van der Waals surface area (Å²) in [5.74, 6) is 0. The van der Waals surface area contributed by atoms with E-state index in [1.165, 1.54) is 10.4 Å². The van der Waals surface area contributed by atoms with Gasteiger partial charge in [0.25, 0.3) is 0 Å². The maximum atomic E-state index is 5.91. The van der Waals surface area contributed by atoms with E-state index in [1.54, 1.807) is 11.3 Å². The van der Waals surface area contributed by atoms with Crippen molar-refractivity contribution in [3.63, 3.8) is 0 Å². The van der Waals surface area contributed by atoms with Gasteiger partial charge in [-0.15, -0.1) is 11.3 Å². The van der Waals surface area contributed by atoms with Gasteiger partial charge in [0.05, 0.1) is 0 Å². The van der Waals surface area contributed by atoms with Gasteiger partial charge in [0.2, 0.25) is 0 Å². The molecule has 0 saturated heterocycles. The van der Waals surface area contributed by atoms with E-state index < -0.39 is 0 Å². The topological polar surface area (TPSA) is 29.3 Å². The largest absolute Gasteiger partial charge is 0.329 e. The van der Waals surface area contributed by atoms with E-state index in [9.17, 15) is 0 Å². The average molecular weight is 281 g/mol. The summed E-state index contributed by atoms with van der Waals surface area (Å²) >= 11 is 7.68. The molecule has 1 aromatic carbocycles. The molecule has 2 aromatic rings. The Labute approximate surface area is 117 Å². The van der Waals surface area contributed by atoms with Crippen LogP contribution in [0.15, 0.2) is 41.8 Å². The Hall–Kier alpha value is -0.870. The molecule has 96 valence electrons. The first-order chi connectivity index (χ1) is 8.70. The predicted molar refractivity (Wildman–Crippen MR) is 79.0 cm³/mol. The summed E-state index contributed by atoms with van der Waals surface area (Å²) < 4.78 is 0. The summed E-state index contributed by atoms with van der Waals surface area (Å²) in [6.07, 6.45) is 0. The monoisotopic (exact) mass is 280 g/mol. The first-order valence-electron chi connectivity index (χ1n) is 5.89. The van der Waals surface area contributed by atoms with Crippen molar-refractivity contribution in [2.45, 2.75) is 12.6 Å². The fraction of sp³-hybridized carbons (Fsp3) is 0.286. The number of likely N-dealkylation sites (N-methyl/N-ethyl adjacent to an activating group) is 1. The number of hydrogen-bond donors (Lipinski definition) is 1. The van der Waals surface area contributed by atoms with Crippen molar-refractivity contribution in [1.29, 1.82) is 0 Å². The molecule has 0 bridgehead atoms. The van der Waals surface area contributed by atoms with Crippen molar-refractivity contribution in [3.8, 4) is 0 Å². The second-order valence-electron chi connectivity index (χ2n) is 4.30. The van der Waals surface area contributed by atoms with Crippen LogP contribution in [0, 0.1) is 0 Å². The maximum absolute atomic E-state index is 5.91. The van der Waals surface area contributed by atoms with E-state index in [4.69, 9.17) is 17.3 Å². The maximum Gasteiger partial charge on any atom is 0.0471 e. The molecule has 0 spiro atoms. The van der Waals surface area contributed by atoms with Gasteiger partial charge in [-0.05, 0) is 36.2 Å². The van der Waals surface area contributed by atoms with E-state index in [0.29, 0.717) is 6.54 Å². The van der Waals surface area contributed by atoms with E-state index in [-0.39, 0.29) is 6.04 Å². The Morgan fingerprint density at radius 3 is 2.56 bits per heavy atom. The summed E-state index contributed by atoms with van der Waals surface area (Å²) in [5.41, 5.74) is 7.11. The van der Waals surface area contributed by atoms with Crippen molar-refractivity contribution >= 4 is 22.9 Å². The van der Waals surface area contributed by atoms with Gasteiger partial charge in [0, 0.05) is 29.0 Å². The zero-order valence-electron chi connectivity index (χ0n) is 10.3. The van der Waals surface area contributed by atoms with Gasteiger partial charge >= 0.3 is 0 Å². The van der Waals surface area contributed by atoms with Gasteiger partial charge < -0.3 is 5.73 Å². The minimum Gasteiger partial charge on any atom is -0.329 e. The van der Waals surface area contributed by atoms with Crippen LogP contribution in [-0.4, -0.2) is 18.5 Å². The van der Waals surface area contributed by atoms with Crippen LogP contribution in [-0.2, 0) is 6.54 Å². The summed E-state index contributed by atoms with van der Waals surface area (Å²) in [4.78, 5) is 3.62. The number of thiophene rings is 1. The zero-order chi connectivity index (χ0) is 13.0. The van der Waals surface area contributed by atoms with Crippen LogP contribution in [0.3, 0.4) is 0 Å². The standard InChI is InChI=1S/C14H17ClN2S/c1-17(10-13-3-2-8-18-13)14(9-16)11-4-6-12(15)7-5-11/h2-8,14H,9-10,16H2,1H3. The highest BCUT2D eigenvalue weighted by Crippen LogP contribution is 2.23. The molecular formula is C14H17ClN2S. The first-order valence-corrected chi connectivity index (χ1v) is 7.14. The molecule has 2 rings (SSSR count). The summed E-state index contributed by atoms with van der Waals surface area (Å²) in [5, 5.41) is 2.86. The van der Waals surface area contributed by atoms with Gasteiger partial charge in [-0.1, -0.05) is 29.8 Å². The fourth-order valence-corrected chi connectivity index (χ4v) is 2.91. The van der Waals surface area contributed by atoms with Crippen LogP contribution in [0.2, 0.25) is 5.02 Å². The lowest BCUT2D eigenvalue weighted by molar-refractivity contribution is 0.244. The molecule has 1 atom stereocenters. The molecule has 1 unspecified atom stereocenters. The number of benzene rings is 1. The third-order valence-corrected chi connectivity index (χ3v) is 4.11. The van der Waals surface area contributed by atoms with Crippen LogP contribution in [0.25, 0.3) is 0 Å². The fourth-order valence-electron chi connectivity index (χ4n) is 2.01. The molecule has 0 fully saturated rings. The Kier molecular flexibility index (Phi) is 4.78. The minimum atomic E-state index is 0.226. The predicted octanol–water partition coefficient (Wildman–Crippen LogP) is 3.53. The zero-order valence-corrected chi connectivity index (χ0v) is 11.9. The van der Waals surface area contributed by atoms with Gasteiger partial charge in [-0.3, -0.25) is 4.90 Å². The molecule has 2 N–H and O–H groups in total. The van der Waals surface area contributed by atoms with Crippen LogP contribution in [0.1, 0.15) is 16.5 Å². The second kappa shape index (κ2) is 6.34. The Balaban J connectivity index is 2.10. The summed E-state index contributed by atoms with van der Waals surface area (Å²) in [6.45, 7) is 1.52. The van der Waals surface area contributed by atoms with Crippen LogP contribution >= 0.6 is 22.9 Å². The molecule has 0 aliphatic rings. The van der Waals surface area contributed by atoms with Gasteiger partial charge in [0.15, 0.2) is 0 Å². The molecule has 0 aliphatic carbocycles. The molecule has 2 nitrogen and oxygen atoms in total. The highest BCUT2D eigenvalue weighted by molar-refractivity contribution is 7.09. The third-order valence-electron chi connectivity index (χ3n) is 3.00. The molecule has 18 heavy (non-hydrogen) atoms. The quantitative estimate of drug-likeness (QED) is 0.908. The lowest BCUT2D eigenvalue weighted by Crippen LogP contribution is -2.29. The van der Waals surface area contributed by atoms with E-state index in [0.717, 1.165) is 11.6 Å². The molecule has 0 radical (unpaired) electrons. The Morgan fingerprint density at radius 2 is 2.00 bits per heavy atom. The normalized spacial score (nSPS) is 12.9. The molecule has 0 amide bonds. The second-order valence-corrected chi connectivity index (χ2v) is 5.77. The minimum absolute atomic E-state index is 0.226. The summed E-state index contributed by atoms with van der Waals surface area (Å²) in [6, 6.07) is 12.4. The number of nitrogens with two attached hydrogens (primary N) is 1. The van der Waals surface area contributed by atoms with E-state index >= 15 is 0 Å². The highest BCUT2D eigenvalue weighted by Gasteiger charge is 2.15. The lowest BCUT2D eigenvalue weighted by Gasteiger charge is -2.27. The first kappa shape index (κ1) is 13.6. The van der Waals surface area contributed by atoms with Gasteiger partial charge in [0.1, 0.15) is 0 Å². The average Bonchev–Trinajstić information content (AvgIpc) is 2.85. The Bertz CT molecular complexity index is 467. The van der Waals surface area contributed by atoms with E-state index in [1.807, 2.05) is 24.3 Å². The molecule has 1 aromatic heterocycles. The molecule has 0 saturated carbocycles. The number of rotatable bonds is 5. The van der Waals surface area contributed by atoms with Crippen molar-refractivity contribution in [2.24, 2.45) is 5.73 Å². The van der Waals surface area contributed by atoms with Crippen molar-refractivity contribution in [1.82, 2.24) is 4.90 Å². The molecule has 4 heteroatoms. The molecular weight excluding hydrogens is 264 g/mol. The summed E-state index contributed by atoms with van der Waals surface area (Å²) in [7, 11) is 2.10. The number of nitrogens with zero attached hydrogens (tertiary/aromatic N) is 1. The third kappa shape index (κ3) is 3.33. The van der Waals surface area contributed by atoms with Crippen molar-refractivity contribution < 1.29 is 0 Å².